The third-order valence-electron chi connectivity index (χ3n) is 5.19. The molecule has 4 aromatic carbocycles. The molecule has 132 valence electrons. The highest BCUT2D eigenvalue weighted by Crippen LogP contribution is 2.29. The second kappa shape index (κ2) is 7.63. The Balaban J connectivity index is 1.62. The van der Waals surface area contributed by atoms with Crippen molar-refractivity contribution < 1.29 is 0 Å². The number of hydrogen-bond acceptors (Lipinski definition) is 0. The van der Waals surface area contributed by atoms with Crippen LogP contribution in [0.4, 0.5) is 0 Å². The Morgan fingerprint density at radius 2 is 1.07 bits per heavy atom. The third-order valence-corrected chi connectivity index (χ3v) is 5.19. The van der Waals surface area contributed by atoms with Crippen LogP contribution in [0, 0.1) is 13.8 Å². The van der Waals surface area contributed by atoms with Gasteiger partial charge in [0.2, 0.25) is 0 Å². The lowest BCUT2D eigenvalue weighted by atomic mass is 9.92. The number of hydrogen-bond donors (Lipinski definition) is 0. The molecule has 0 bridgehead atoms. The second-order valence-electron chi connectivity index (χ2n) is 7.21. The quantitative estimate of drug-likeness (QED) is 0.365. The lowest BCUT2D eigenvalue weighted by Crippen LogP contribution is -1.93. The molecule has 0 fully saturated rings. The molecule has 0 amide bonds. The van der Waals surface area contributed by atoms with Gasteiger partial charge in [0, 0.05) is 0 Å². The molecule has 0 saturated carbocycles. The molecule has 0 N–H and O–H groups in total. The number of rotatable bonds is 4. The Labute approximate surface area is 162 Å². The van der Waals surface area contributed by atoms with Crippen molar-refractivity contribution in [2.75, 3.05) is 0 Å². The predicted octanol–water partition coefficient (Wildman–Crippen LogP) is 7.23. The minimum absolute atomic E-state index is 0.943. The standard InChI is InChI=1S/C27H24/c1-20-11-15-23(16-12-20)24-17-13-22(14-18-24)19-25-8-4-6-10-27(25)26-9-5-3-7-21(26)2/h3-18H,19H2,1-2H3. The van der Waals surface area contributed by atoms with Gasteiger partial charge in [-0.25, -0.2) is 0 Å². The lowest BCUT2D eigenvalue weighted by molar-refractivity contribution is 1.19. The lowest BCUT2D eigenvalue weighted by Gasteiger charge is -2.12. The van der Waals surface area contributed by atoms with E-state index in [2.05, 4.69) is 111 Å². The van der Waals surface area contributed by atoms with Crippen LogP contribution >= 0.6 is 0 Å². The van der Waals surface area contributed by atoms with Gasteiger partial charge in [-0.1, -0.05) is 103 Å². The van der Waals surface area contributed by atoms with E-state index in [0.29, 0.717) is 0 Å². The summed E-state index contributed by atoms with van der Waals surface area (Å²) in [7, 11) is 0. The van der Waals surface area contributed by atoms with Crippen LogP contribution in [0.5, 0.6) is 0 Å². The summed E-state index contributed by atoms with van der Waals surface area (Å²) in [5.41, 5.74) is 10.5. The molecule has 0 aliphatic heterocycles. The Morgan fingerprint density at radius 3 is 1.74 bits per heavy atom. The van der Waals surface area contributed by atoms with Gasteiger partial charge in [-0.15, -0.1) is 0 Å². The molecule has 0 heteroatoms. The summed E-state index contributed by atoms with van der Waals surface area (Å²) in [6.07, 6.45) is 0.943. The first-order valence-corrected chi connectivity index (χ1v) is 9.50. The first-order chi connectivity index (χ1) is 13.2. The van der Waals surface area contributed by atoms with Crippen molar-refractivity contribution in [2.24, 2.45) is 0 Å². The maximum atomic E-state index is 2.25. The molecule has 0 nitrogen and oxygen atoms in total. The molecule has 0 saturated heterocycles. The molecular formula is C27H24. The summed E-state index contributed by atoms with van der Waals surface area (Å²) >= 11 is 0. The van der Waals surface area contributed by atoms with Crippen molar-refractivity contribution in [3.05, 3.63) is 119 Å². The van der Waals surface area contributed by atoms with Crippen molar-refractivity contribution in [1.82, 2.24) is 0 Å². The molecule has 4 rings (SSSR count). The Morgan fingerprint density at radius 1 is 0.519 bits per heavy atom. The predicted molar refractivity (Wildman–Crippen MR) is 116 cm³/mol. The highest BCUT2D eigenvalue weighted by Gasteiger charge is 2.08. The molecular weight excluding hydrogens is 324 g/mol. The zero-order valence-corrected chi connectivity index (χ0v) is 15.9. The zero-order chi connectivity index (χ0) is 18.6. The van der Waals surface area contributed by atoms with Gasteiger partial charge < -0.3 is 0 Å². The first-order valence-electron chi connectivity index (χ1n) is 9.50. The second-order valence-corrected chi connectivity index (χ2v) is 7.21. The topological polar surface area (TPSA) is 0 Å². The molecule has 0 aliphatic rings. The van der Waals surface area contributed by atoms with Crippen LogP contribution in [0.15, 0.2) is 97.1 Å². The molecule has 0 spiro atoms. The Bertz CT molecular complexity index is 1040. The summed E-state index contributed by atoms with van der Waals surface area (Å²) < 4.78 is 0. The fourth-order valence-electron chi connectivity index (χ4n) is 3.59. The van der Waals surface area contributed by atoms with Crippen molar-refractivity contribution in [3.63, 3.8) is 0 Å². The van der Waals surface area contributed by atoms with E-state index in [-0.39, 0.29) is 0 Å². The summed E-state index contributed by atoms with van der Waals surface area (Å²) in [6, 6.07) is 35.1. The van der Waals surface area contributed by atoms with E-state index in [0.717, 1.165) is 6.42 Å². The van der Waals surface area contributed by atoms with Gasteiger partial charge in [-0.2, -0.15) is 0 Å². The van der Waals surface area contributed by atoms with Crippen LogP contribution in [0.3, 0.4) is 0 Å². The van der Waals surface area contributed by atoms with Crippen molar-refractivity contribution in [2.45, 2.75) is 20.3 Å². The third kappa shape index (κ3) is 3.85. The minimum atomic E-state index is 0.943. The van der Waals surface area contributed by atoms with Crippen LogP contribution in [0.1, 0.15) is 22.3 Å². The van der Waals surface area contributed by atoms with Crippen molar-refractivity contribution in [1.29, 1.82) is 0 Å². The SMILES string of the molecule is Cc1ccc(-c2ccc(Cc3ccccc3-c3ccccc3C)cc2)cc1. The highest BCUT2D eigenvalue weighted by molar-refractivity contribution is 5.71. The molecule has 0 aromatic heterocycles. The van der Waals surface area contributed by atoms with Crippen LogP contribution in [0.25, 0.3) is 22.3 Å². The fourth-order valence-corrected chi connectivity index (χ4v) is 3.59. The van der Waals surface area contributed by atoms with Gasteiger partial charge in [-0.05, 0) is 59.2 Å². The average molecular weight is 348 g/mol. The van der Waals surface area contributed by atoms with E-state index < -0.39 is 0 Å². The summed E-state index contributed by atoms with van der Waals surface area (Å²) in [5.74, 6) is 0. The van der Waals surface area contributed by atoms with Crippen LogP contribution < -0.4 is 0 Å². The Hall–Kier alpha value is -3.12. The molecule has 0 aliphatic carbocycles. The smallest absolute Gasteiger partial charge is 0.00196 e. The van der Waals surface area contributed by atoms with Crippen molar-refractivity contribution in [3.8, 4) is 22.3 Å². The van der Waals surface area contributed by atoms with Gasteiger partial charge >= 0.3 is 0 Å². The Kier molecular flexibility index (Phi) is 4.89. The molecule has 0 atom stereocenters. The maximum absolute atomic E-state index is 2.25. The van der Waals surface area contributed by atoms with E-state index in [9.17, 15) is 0 Å². The normalized spacial score (nSPS) is 10.7. The van der Waals surface area contributed by atoms with Gasteiger partial charge in [0.15, 0.2) is 0 Å². The van der Waals surface area contributed by atoms with Gasteiger partial charge in [-0.3, -0.25) is 0 Å². The van der Waals surface area contributed by atoms with Gasteiger partial charge in [0.05, 0.1) is 0 Å². The van der Waals surface area contributed by atoms with Crippen LogP contribution in [-0.4, -0.2) is 0 Å². The van der Waals surface area contributed by atoms with Crippen molar-refractivity contribution >= 4 is 0 Å². The summed E-state index contributed by atoms with van der Waals surface area (Å²) in [6.45, 7) is 4.31. The molecule has 4 aromatic rings. The molecule has 0 unspecified atom stereocenters. The van der Waals surface area contributed by atoms with Crippen LogP contribution in [0.2, 0.25) is 0 Å². The van der Waals surface area contributed by atoms with Gasteiger partial charge in [0.1, 0.15) is 0 Å². The zero-order valence-electron chi connectivity index (χ0n) is 15.9. The van der Waals surface area contributed by atoms with Gasteiger partial charge in [0.25, 0.3) is 0 Å². The van der Waals surface area contributed by atoms with E-state index in [1.165, 1.54) is 44.5 Å². The van der Waals surface area contributed by atoms with E-state index >= 15 is 0 Å². The van der Waals surface area contributed by atoms with E-state index in [4.69, 9.17) is 0 Å². The van der Waals surface area contributed by atoms with E-state index in [1.807, 2.05) is 0 Å². The highest BCUT2D eigenvalue weighted by atomic mass is 14.1. The van der Waals surface area contributed by atoms with Crippen LogP contribution in [-0.2, 0) is 6.42 Å². The summed E-state index contributed by atoms with van der Waals surface area (Å²) in [4.78, 5) is 0. The summed E-state index contributed by atoms with van der Waals surface area (Å²) in [5, 5.41) is 0. The number of aryl methyl sites for hydroxylation is 2. The first kappa shape index (κ1) is 17.3. The average Bonchev–Trinajstić information content (AvgIpc) is 2.70. The maximum Gasteiger partial charge on any atom is -0.00196 e. The number of benzene rings is 4. The largest absolute Gasteiger partial charge is 0.0620 e. The van der Waals surface area contributed by atoms with E-state index in [1.54, 1.807) is 0 Å². The fraction of sp³-hybridized carbons (Fsp3) is 0.111. The molecule has 0 heterocycles. The minimum Gasteiger partial charge on any atom is -0.0620 e. The molecule has 27 heavy (non-hydrogen) atoms. The monoisotopic (exact) mass is 348 g/mol. The molecule has 0 radical (unpaired) electrons.